The molecule has 0 saturated carbocycles. The van der Waals surface area contributed by atoms with Gasteiger partial charge in [0.1, 0.15) is 11.1 Å². The molecule has 1 N–H and O–H groups in total. The van der Waals surface area contributed by atoms with Crippen molar-refractivity contribution in [1.29, 1.82) is 0 Å². The van der Waals surface area contributed by atoms with Gasteiger partial charge in [0.15, 0.2) is 6.10 Å². The first-order chi connectivity index (χ1) is 17.7. The number of imidazole rings is 1. The fourth-order valence-corrected chi connectivity index (χ4v) is 5.89. The van der Waals surface area contributed by atoms with E-state index < -0.39 is 0 Å². The van der Waals surface area contributed by atoms with Crippen LogP contribution in [0.4, 0.5) is 0 Å². The summed E-state index contributed by atoms with van der Waals surface area (Å²) >= 11 is 8.32. The van der Waals surface area contributed by atoms with E-state index in [0.29, 0.717) is 24.2 Å². The summed E-state index contributed by atoms with van der Waals surface area (Å²) < 4.78 is 17.7. The van der Waals surface area contributed by atoms with Gasteiger partial charge in [-0.05, 0) is 35.2 Å². The number of H-pyrrole nitrogens is 1. The van der Waals surface area contributed by atoms with Crippen LogP contribution in [0, 0.1) is 0 Å². The average Bonchev–Trinajstić information content (AvgIpc) is 3.70. The van der Waals surface area contributed by atoms with Gasteiger partial charge in [0.25, 0.3) is 6.01 Å². The molecule has 2 aliphatic rings. The number of ether oxygens (including phenoxy) is 3. The molecule has 7 rings (SSSR count). The average molecular weight is 516 g/mol. The van der Waals surface area contributed by atoms with E-state index in [1.807, 2.05) is 23.7 Å². The van der Waals surface area contributed by atoms with E-state index in [4.69, 9.17) is 25.8 Å². The lowest BCUT2D eigenvalue weighted by Gasteiger charge is -2.15. The highest BCUT2D eigenvalue weighted by Gasteiger charge is 2.43. The standard InChI is InChI=1S/C28H22ClN3O3S/c29-21-14-23-22(31-28(32-23)35-25-15-34-24-9-11-33-26(24)25)13-20(21)18-5-1-16(2-6-18)17-3-7-19(8-4-17)27-30-10-12-36-27/h1-8,10,12-14,24-26H,9,11,15H2,(H,31,32)/t24-,25?,26+/m1/s1. The number of hydrogen-bond donors (Lipinski definition) is 1. The zero-order valence-electron chi connectivity index (χ0n) is 19.2. The first kappa shape index (κ1) is 22.0. The lowest BCUT2D eigenvalue weighted by molar-refractivity contribution is 0.0273. The normalized spacial score (nSPS) is 21.2. The van der Waals surface area contributed by atoms with Gasteiger partial charge in [0, 0.05) is 29.3 Å². The van der Waals surface area contributed by atoms with Crippen LogP contribution in [-0.4, -0.2) is 46.5 Å². The van der Waals surface area contributed by atoms with Gasteiger partial charge in [0.05, 0.1) is 28.8 Å². The van der Waals surface area contributed by atoms with E-state index in [9.17, 15) is 0 Å². The van der Waals surface area contributed by atoms with Crippen molar-refractivity contribution in [2.24, 2.45) is 0 Å². The minimum absolute atomic E-state index is 0.0283. The molecular weight excluding hydrogens is 494 g/mol. The Morgan fingerprint density at radius 1 is 0.944 bits per heavy atom. The van der Waals surface area contributed by atoms with Crippen LogP contribution in [0.25, 0.3) is 43.9 Å². The van der Waals surface area contributed by atoms with Crippen molar-refractivity contribution in [1.82, 2.24) is 15.0 Å². The Balaban J connectivity index is 1.12. The first-order valence-corrected chi connectivity index (χ1v) is 13.2. The number of rotatable bonds is 5. The number of benzene rings is 3. The molecule has 8 heteroatoms. The number of halogens is 1. The van der Waals surface area contributed by atoms with Crippen LogP contribution in [0.2, 0.25) is 5.02 Å². The molecule has 4 heterocycles. The van der Waals surface area contributed by atoms with Crippen molar-refractivity contribution in [3.05, 3.63) is 77.3 Å². The number of aromatic amines is 1. The molecule has 2 aliphatic heterocycles. The van der Waals surface area contributed by atoms with Gasteiger partial charge in [-0.1, -0.05) is 60.1 Å². The van der Waals surface area contributed by atoms with Crippen molar-refractivity contribution in [2.75, 3.05) is 13.2 Å². The number of hydrogen-bond acceptors (Lipinski definition) is 6. The molecular formula is C28H22ClN3O3S. The number of thiazole rings is 1. The molecule has 6 nitrogen and oxygen atoms in total. The highest BCUT2D eigenvalue weighted by molar-refractivity contribution is 7.13. The maximum atomic E-state index is 6.68. The van der Waals surface area contributed by atoms with Gasteiger partial charge in [-0.3, -0.25) is 0 Å². The van der Waals surface area contributed by atoms with Gasteiger partial charge in [-0.25, -0.2) is 4.98 Å². The van der Waals surface area contributed by atoms with E-state index in [1.54, 1.807) is 11.3 Å². The zero-order chi connectivity index (χ0) is 24.1. The molecule has 180 valence electrons. The SMILES string of the molecule is Clc1cc2[nH]c(OC3CO[C@@H]4CCO[C@H]34)nc2cc1-c1ccc(-c2ccc(-c3nccs3)cc2)cc1. The Hall–Kier alpha value is -3.23. The second-order valence-corrected chi connectivity index (χ2v) is 10.3. The van der Waals surface area contributed by atoms with Crippen LogP contribution >= 0.6 is 22.9 Å². The second-order valence-electron chi connectivity index (χ2n) is 9.04. The Morgan fingerprint density at radius 3 is 2.44 bits per heavy atom. The molecule has 0 spiro atoms. The molecule has 3 atom stereocenters. The highest BCUT2D eigenvalue weighted by Crippen LogP contribution is 2.35. The summed E-state index contributed by atoms with van der Waals surface area (Å²) in [6.45, 7) is 1.23. The van der Waals surface area contributed by atoms with Crippen LogP contribution in [0.3, 0.4) is 0 Å². The summed E-state index contributed by atoms with van der Waals surface area (Å²) in [5.74, 6) is 0. The third-order valence-electron chi connectivity index (χ3n) is 6.83. The van der Waals surface area contributed by atoms with Crippen molar-refractivity contribution in [3.8, 4) is 38.8 Å². The number of aromatic nitrogens is 3. The minimum Gasteiger partial charge on any atom is -0.456 e. The Kier molecular flexibility index (Phi) is 5.51. The van der Waals surface area contributed by atoms with Crippen LogP contribution in [0.15, 0.2) is 72.2 Å². The molecule has 2 fully saturated rings. The molecule has 0 amide bonds. The van der Waals surface area contributed by atoms with Crippen molar-refractivity contribution >= 4 is 34.0 Å². The predicted molar refractivity (Wildman–Crippen MR) is 142 cm³/mol. The van der Waals surface area contributed by atoms with Gasteiger partial charge < -0.3 is 19.2 Å². The van der Waals surface area contributed by atoms with Gasteiger partial charge >= 0.3 is 0 Å². The third kappa shape index (κ3) is 3.98. The smallest absolute Gasteiger partial charge is 0.295 e. The minimum atomic E-state index is -0.156. The van der Waals surface area contributed by atoms with Crippen LogP contribution in [-0.2, 0) is 9.47 Å². The lowest BCUT2D eigenvalue weighted by atomic mass is 9.99. The topological polar surface area (TPSA) is 69.3 Å². The Labute approximate surface area is 216 Å². The summed E-state index contributed by atoms with van der Waals surface area (Å²) in [6.07, 6.45) is 2.69. The molecule has 36 heavy (non-hydrogen) atoms. The van der Waals surface area contributed by atoms with Crippen LogP contribution < -0.4 is 4.74 Å². The monoisotopic (exact) mass is 515 g/mol. The summed E-state index contributed by atoms with van der Waals surface area (Å²) in [5.41, 5.74) is 7.01. The van der Waals surface area contributed by atoms with Crippen molar-refractivity contribution < 1.29 is 14.2 Å². The van der Waals surface area contributed by atoms with Gasteiger partial charge in [-0.2, -0.15) is 4.98 Å². The van der Waals surface area contributed by atoms with E-state index in [1.165, 1.54) is 0 Å². The molecule has 1 unspecified atom stereocenters. The maximum absolute atomic E-state index is 6.68. The fourth-order valence-electron chi connectivity index (χ4n) is 4.97. The molecule has 0 radical (unpaired) electrons. The molecule has 0 aliphatic carbocycles. The van der Waals surface area contributed by atoms with Crippen LogP contribution in [0.5, 0.6) is 6.01 Å². The maximum Gasteiger partial charge on any atom is 0.295 e. The Bertz CT molecular complexity index is 1520. The third-order valence-corrected chi connectivity index (χ3v) is 7.96. The van der Waals surface area contributed by atoms with Crippen molar-refractivity contribution in [2.45, 2.75) is 24.7 Å². The van der Waals surface area contributed by atoms with E-state index in [2.05, 4.69) is 63.5 Å². The zero-order valence-corrected chi connectivity index (χ0v) is 20.8. The molecule has 2 saturated heterocycles. The van der Waals surface area contributed by atoms with E-state index >= 15 is 0 Å². The molecule has 3 aromatic carbocycles. The van der Waals surface area contributed by atoms with E-state index in [-0.39, 0.29) is 18.3 Å². The van der Waals surface area contributed by atoms with Gasteiger partial charge in [0.2, 0.25) is 0 Å². The Morgan fingerprint density at radius 2 is 1.69 bits per heavy atom. The first-order valence-electron chi connectivity index (χ1n) is 11.9. The number of nitrogens with one attached hydrogen (secondary N) is 1. The number of nitrogens with zero attached hydrogens (tertiary/aromatic N) is 2. The largest absolute Gasteiger partial charge is 0.456 e. The molecule has 0 bridgehead atoms. The predicted octanol–water partition coefficient (Wildman–Crippen LogP) is 6.61. The summed E-state index contributed by atoms with van der Waals surface area (Å²) in [6, 6.07) is 21.3. The van der Waals surface area contributed by atoms with Crippen LogP contribution in [0.1, 0.15) is 6.42 Å². The van der Waals surface area contributed by atoms with Crippen molar-refractivity contribution in [3.63, 3.8) is 0 Å². The fraction of sp³-hybridized carbons (Fsp3) is 0.214. The number of fused-ring (bicyclic) bond motifs is 2. The molecule has 2 aromatic heterocycles. The summed E-state index contributed by atoms with van der Waals surface area (Å²) in [4.78, 5) is 12.3. The lowest BCUT2D eigenvalue weighted by Crippen LogP contribution is -2.32. The summed E-state index contributed by atoms with van der Waals surface area (Å²) in [7, 11) is 0. The van der Waals surface area contributed by atoms with E-state index in [0.717, 1.165) is 50.3 Å². The highest BCUT2D eigenvalue weighted by atomic mass is 35.5. The quantitative estimate of drug-likeness (QED) is 0.285. The van der Waals surface area contributed by atoms with Gasteiger partial charge in [-0.15, -0.1) is 11.3 Å². The molecule has 5 aromatic rings. The second kappa shape index (κ2) is 9.01. The summed E-state index contributed by atoms with van der Waals surface area (Å²) in [5, 5.41) is 3.67.